The molecule has 2 N–H and O–H groups in total. The van der Waals surface area contributed by atoms with Gasteiger partial charge >= 0.3 is 11.9 Å². The molecule has 0 aromatic heterocycles. The Morgan fingerprint density at radius 1 is 0.460 bits per heavy atom. The Kier molecular flexibility index (Phi) is 39.8. The number of halogens is 2. The molecular weight excluding hydrogens is 667 g/mol. The summed E-state index contributed by atoms with van der Waals surface area (Å²) in [4.78, 5) is 24.1. The minimum absolute atomic E-state index is 0.264. The number of alkyl halides is 2. The van der Waals surface area contributed by atoms with Crippen LogP contribution in [0.25, 0.3) is 0 Å². The van der Waals surface area contributed by atoms with E-state index >= 15 is 0 Å². The van der Waals surface area contributed by atoms with Crippen LogP contribution < -0.4 is 10.6 Å². The molecule has 0 aliphatic heterocycles. The first-order valence-corrected chi connectivity index (χ1v) is 21.7. The largest absolute Gasteiger partial charge is 0.445 e. The fourth-order valence-corrected chi connectivity index (χ4v) is 6.21. The molecule has 0 bridgehead atoms. The lowest BCUT2D eigenvalue weighted by Crippen LogP contribution is -2.35. The molecule has 2 unspecified atom stereocenters. The standard InChI is InChI=1S/C42H78Cl2N2O4/c1-3-5-7-9-11-13-15-17-19-21-23-25-27-29-31-33-41(47)49-39(43)37-45-35-36-46-38-40(44)50-42(48)34-32-30-28-26-24-22-20-18-16-14-12-10-8-6-4-2/h25-28,39-40,45-46H,3-24,29-38H2,1-2H3. The van der Waals surface area contributed by atoms with Crippen molar-refractivity contribution in [3.05, 3.63) is 24.3 Å². The first-order chi connectivity index (χ1) is 24.5. The van der Waals surface area contributed by atoms with Gasteiger partial charge in [0.25, 0.3) is 0 Å². The highest BCUT2D eigenvalue weighted by Gasteiger charge is 2.12. The monoisotopic (exact) mass is 745 g/mol. The molecule has 0 saturated carbocycles. The second-order valence-corrected chi connectivity index (χ2v) is 14.9. The van der Waals surface area contributed by atoms with Gasteiger partial charge in [0.15, 0.2) is 11.1 Å². The highest BCUT2D eigenvalue weighted by molar-refractivity contribution is 6.20. The van der Waals surface area contributed by atoms with Crippen LogP contribution in [0.5, 0.6) is 0 Å². The van der Waals surface area contributed by atoms with E-state index in [4.69, 9.17) is 32.7 Å². The fraction of sp³-hybridized carbons (Fsp3) is 0.857. The van der Waals surface area contributed by atoms with Crippen molar-refractivity contribution < 1.29 is 19.1 Å². The van der Waals surface area contributed by atoms with Gasteiger partial charge in [-0.05, 0) is 51.4 Å². The summed E-state index contributed by atoms with van der Waals surface area (Å²) in [6.45, 7) is 6.49. The number of ether oxygens (including phenoxy) is 2. The van der Waals surface area contributed by atoms with Crippen LogP contribution >= 0.6 is 23.2 Å². The normalized spacial score (nSPS) is 13.0. The third-order valence-corrected chi connectivity index (χ3v) is 9.38. The van der Waals surface area contributed by atoms with E-state index in [1.54, 1.807) is 0 Å². The van der Waals surface area contributed by atoms with Crippen molar-refractivity contribution in [2.45, 2.75) is 205 Å². The number of esters is 2. The maximum Gasteiger partial charge on any atom is 0.307 e. The zero-order chi connectivity index (χ0) is 36.6. The van der Waals surface area contributed by atoms with Crippen LogP contribution in [0.4, 0.5) is 0 Å². The Morgan fingerprint density at radius 2 is 0.740 bits per heavy atom. The maximum absolute atomic E-state index is 12.1. The predicted octanol–water partition coefficient (Wildman–Crippen LogP) is 12.5. The van der Waals surface area contributed by atoms with E-state index in [0.29, 0.717) is 39.0 Å². The van der Waals surface area contributed by atoms with Crippen molar-refractivity contribution >= 4 is 35.1 Å². The minimum atomic E-state index is -0.703. The van der Waals surface area contributed by atoms with Crippen molar-refractivity contribution in [2.75, 3.05) is 26.2 Å². The Bertz CT molecular complexity index is 732. The van der Waals surface area contributed by atoms with Crippen LogP contribution in [0.15, 0.2) is 24.3 Å². The molecule has 8 heteroatoms. The van der Waals surface area contributed by atoms with Crippen LogP contribution in [0.3, 0.4) is 0 Å². The van der Waals surface area contributed by atoms with Crippen LogP contribution in [-0.4, -0.2) is 49.2 Å². The van der Waals surface area contributed by atoms with E-state index in [1.165, 1.54) is 128 Å². The first kappa shape index (κ1) is 48.9. The Morgan fingerprint density at radius 3 is 1.06 bits per heavy atom. The topological polar surface area (TPSA) is 76.7 Å². The molecule has 0 aliphatic carbocycles. The average Bonchev–Trinajstić information content (AvgIpc) is 3.09. The molecule has 2 atom stereocenters. The molecule has 0 amide bonds. The summed E-state index contributed by atoms with van der Waals surface area (Å²) in [5.41, 5.74) is -1.41. The van der Waals surface area contributed by atoms with Gasteiger partial charge in [-0.25, -0.2) is 0 Å². The van der Waals surface area contributed by atoms with Crippen molar-refractivity contribution in [2.24, 2.45) is 0 Å². The number of carbonyl (C=O) groups excluding carboxylic acids is 2. The Hall–Kier alpha value is -1.08. The molecule has 294 valence electrons. The molecule has 0 spiro atoms. The second kappa shape index (κ2) is 40.7. The van der Waals surface area contributed by atoms with Crippen LogP contribution in [0.1, 0.15) is 194 Å². The molecule has 0 saturated heterocycles. The van der Waals surface area contributed by atoms with Gasteiger partial charge in [0.1, 0.15) is 0 Å². The van der Waals surface area contributed by atoms with Crippen molar-refractivity contribution in [1.29, 1.82) is 0 Å². The lowest BCUT2D eigenvalue weighted by molar-refractivity contribution is -0.146. The van der Waals surface area contributed by atoms with Gasteiger partial charge in [0, 0.05) is 39.0 Å². The molecule has 0 aromatic carbocycles. The summed E-state index contributed by atoms with van der Waals surface area (Å²) in [5, 5.41) is 6.32. The number of hydrogen-bond donors (Lipinski definition) is 2. The SMILES string of the molecule is CCCCCCCCCCCCC=CCCCC(=O)OC(Cl)CNCCNCC(Cl)OC(=O)CCCC=CCCCCCCCCCCCC. The number of allylic oxidation sites excluding steroid dienone is 4. The zero-order valence-corrected chi connectivity index (χ0v) is 34.0. The van der Waals surface area contributed by atoms with Gasteiger partial charge in [-0.3, -0.25) is 9.59 Å². The lowest BCUT2D eigenvalue weighted by atomic mass is 10.1. The molecule has 6 nitrogen and oxygen atoms in total. The smallest absolute Gasteiger partial charge is 0.307 e. The number of rotatable bonds is 39. The second-order valence-electron chi connectivity index (χ2n) is 13.9. The number of unbranched alkanes of at least 4 members (excludes halogenated alkanes) is 22. The molecule has 0 radical (unpaired) electrons. The summed E-state index contributed by atoms with van der Waals surface area (Å²) in [6.07, 6.45) is 42.3. The van der Waals surface area contributed by atoms with Crippen LogP contribution in [-0.2, 0) is 19.1 Å². The molecule has 0 heterocycles. The molecular formula is C42H78Cl2N2O4. The molecule has 0 rings (SSSR count). The van der Waals surface area contributed by atoms with E-state index in [-0.39, 0.29) is 11.9 Å². The Balaban J connectivity index is 3.52. The van der Waals surface area contributed by atoms with Gasteiger partial charge in [-0.2, -0.15) is 0 Å². The summed E-state index contributed by atoms with van der Waals surface area (Å²) < 4.78 is 10.6. The highest BCUT2D eigenvalue weighted by Crippen LogP contribution is 2.13. The molecule has 0 aromatic rings. The summed E-state index contributed by atoms with van der Waals surface area (Å²) >= 11 is 12.3. The van der Waals surface area contributed by atoms with Gasteiger partial charge in [0.05, 0.1) is 0 Å². The van der Waals surface area contributed by atoms with Crippen LogP contribution in [0.2, 0.25) is 0 Å². The number of nitrogens with one attached hydrogen (secondary N) is 2. The fourth-order valence-electron chi connectivity index (χ4n) is 5.79. The van der Waals surface area contributed by atoms with E-state index in [9.17, 15) is 9.59 Å². The van der Waals surface area contributed by atoms with E-state index < -0.39 is 11.1 Å². The molecule has 0 fully saturated rings. The first-order valence-electron chi connectivity index (χ1n) is 20.9. The lowest BCUT2D eigenvalue weighted by Gasteiger charge is -2.14. The highest BCUT2D eigenvalue weighted by atomic mass is 35.5. The van der Waals surface area contributed by atoms with Crippen molar-refractivity contribution in [1.82, 2.24) is 10.6 Å². The van der Waals surface area contributed by atoms with Gasteiger partial charge in [-0.15, -0.1) is 0 Å². The van der Waals surface area contributed by atoms with Gasteiger partial charge in [-0.1, -0.05) is 177 Å². The summed E-state index contributed by atoms with van der Waals surface area (Å²) in [5.74, 6) is -0.527. The number of carbonyl (C=O) groups is 2. The molecule has 0 aliphatic rings. The zero-order valence-electron chi connectivity index (χ0n) is 32.5. The van der Waals surface area contributed by atoms with E-state index in [2.05, 4.69) is 48.8 Å². The maximum atomic E-state index is 12.1. The average molecular weight is 746 g/mol. The van der Waals surface area contributed by atoms with Crippen LogP contribution in [0, 0.1) is 0 Å². The third kappa shape index (κ3) is 39.7. The van der Waals surface area contributed by atoms with Crippen molar-refractivity contribution in [3.8, 4) is 0 Å². The third-order valence-electron chi connectivity index (χ3n) is 8.89. The summed E-state index contributed by atoms with van der Waals surface area (Å²) in [6, 6.07) is 0. The molecule has 50 heavy (non-hydrogen) atoms. The van der Waals surface area contributed by atoms with Gasteiger partial charge in [0.2, 0.25) is 0 Å². The summed E-state index contributed by atoms with van der Waals surface area (Å²) in [7, 11) is 0. The predicted molar refractivity (Wildman–Crippen MR) is 216 cm³/mol. The quantitative estimate of drug-likeness (QED) is 0.0282. The van der Waals surface area contributed by atoms with E-state index in [0.717, 1.165) is 38.5 Å². The van der Waals surface area contributed by atoms with Gasteiger partial charge < -0.3 is 20.1 Å². The number of hydrogen-bond acceptors (Lipinski definition) is 6. The minimum Gasteiger partial charge on any atom is -0.445 e. The van der Waals surface area contributed by atoms with Crippen molar-refractivity contribution in [3.63, 3.8) is 0 Å². The Labute approximate surface area is 319 Å². The van der Waals surface area contributed by atoms with E-state index in [1.807, 2.05) is 0 Å².